The van der Waals surface area contributed by atoms with Crippen LogP contribution in [0.4, 0.5) is 11.4 Å². The first-order chi connectivity index (χ1) is 13.9. The molecule has 0 radical (unpaired) electrons. The van der Waals surface area contributed by atoms with Gasteiger partial charge < -0.3 is 15.2 Å². The molecule has 1 aromatic carbocycles. The average Bonchev–Trinajstić information content (AvgIpc) is 2.84. The van der Waals surface area contributed by atoms with Gasteiger partial charge in [0, 0.05) is 37.0 Å². The predicted molar refractivity (Wildman–Crippen MR) is 113 cm³/mol. The molecule has 2 N–H and O–H groups in total. The number of hydrogen-bond acceptors (Lipinski definition) is 4. The number of pyridine rings is 1. The van der Waals surface area contributed by atoms with Crippen molar-refractivity contribution in [2.45, 2.75) is 53.0 Å². The normalized spacial score (nSPS) is 13.6. The van der Waals surface area contributed by atoms with Crippen LogP contribution in [0.3, 0.4) is 0 Å². The molecule has 3 heterocycles. The van der Waals surface area contributed by atoms with Gasteiger partial charge in [0.15, 0.2) is 5.65 Å². The summed E-state index contributed by atoms with van der Waals surface area (Å²) in [6.07, 6.45) is 4.33. The third-order valence-corrected chi connectivity index (χ3v) is 5.23. The molecule has 7 nitrogen and oxygen atoms in total. The van der Waals surface area contributed by atoms with E-state index in [-0.39, 0.29) is 11.8 Å². The van der Waals surface area contributed by atoms with Gasteiger partial charge in [0.25, 0.3) is 5.91 Å². The molecule has 0 saturated heterocycles. The maximum Gasteiger partial charge on any atom is 0.258 e. The summed E-state index contributed by atoms with van der Waals surface area (Å²) in [7, 11) is 0. The summed E-state index contributed by atoms with van der Waals surface area (Å²) in [5.74, 6) is 0.680. The van der Waals surface area contributed by atoms with E-state index in [0.717, 1.165) is 54.2 Å². The predicted octanol–water partition coefficient (Wildman–Crippen LogP) is 3.99. The van der Waals surface area contributed by atoms with Gasteiger partial charge in [-0.3, -0.25) is 9.59 Å². The van der Waals surface area contributed by atoms with E-state index in [4.69, 9.17) is 4.98 Å². The third kappa shape index (κ3) is 3.85. The smallest absolute Gasteiger partial charge is 0.258 e. The molecular weight excluding hydrogens is 366 g/mol. The summed E-state index contributed by atoms with van der Waals surface area (Å²) in [4.78, 5) is 33.8. The molecule has 0 spiro atoms. The topological polar surface area (TPSA) is 88.9 Å². The van der Waals surface area contributed by atoms with Gasteiger partial charge in [-0.1, -0.05) is 6.42 Å². The molecule has 0 bridgehead atoms. The monoisotopic (exact) mass is 391 g/mol. The van der Waals surface area contributed by atoms with Crippen LogP contribution in [0, 0.1) is 13.8 Å². The molecule has 150 valence electrons. The van der Waals surface area contributed by atoms with Crippen LogP contribution in [0.2, 0.25) is 0 Å². The van der Waals surface area contributed by atoms with E-state index in [2.05, 4.69) is 20.2 Å². The zero-order chi connectivity index (χ0) is 20.5. The van der Waals surface area contributed by atoms with Crippen LogP contribution in [-0.4, -0.2) is 26.3 Å². The van der Waals surface area contributed by atoms with E-state index in [1.54, 1.807) is 18.2 Å². The molecule has 2 amide bonds. The first-order valence-electron chi connectivity index (χ1n) is 9.99. The van der Waals surface area contributed by atoms with Crippen LogP contribution in [0.25, 0.3) is 11.2 Å². The van der Waals surface area contributed by atoms with E-state index < -0.39 is 0 Å². The lowest BCUT2D eigenvalue weighted by molar-refractivity contribution is -0.114. The number of amides is 2. The summed E-state index contributed by atoms with van der Waals surface area (Å²) in [5, 5.41) is 5.74. The van der Waals surface area contributed by atoms with Gasteiger partial charge in [0.2, 0.25) is 5.91 Å². The number of rotatable bonds is 3. The SMILES string of the molecule is CC(=O)Nc1ccc(NC(=O)c2cc(C)nc3c2nc2n3CCCCC2)cc1C. The minimum absolute atomic E-state index is 0.126. The second kappa shape index (κ2) is 7.66. The van der Waals surface area contributed by atoms with Crippen molar-refractivity contribution in [1.82, 2.24) is 14.5 Å². The standard InChI is InChI=1S/C22H25N5O2/c1-13-11-16(8-9-18(13)24-15(3)28)25-22(29)17-12-14(2)23-21-20(17)26-19-7-5-4-6-10-27(19)21/h8-9,11-12H,4-7,10H2,1-3H3,(H,24,28)(H,25,29). The number of carbonyl (C=O) groups excluding carboxylic acids is 2. The highest BCUT2D eigenvalue weighted by Crippen LogP contribution is 2.25. The van der Waals surface area contributed by atoms with E-state index >= 15 is 0 Å². The Labute approximate surface area is 169 Å². The Balaban J connectivity index is 1.67. The number of aryl methyl sites for hydroxylation is 4. The van der Waals surface area contributed by atoms with Crippen molar-refractivity contribution in [2.24, 2.45) is 0 Å². The van der Waals surface area contributed by atoms with Gasteiger partial charge >= 0.3 is 0 Å². The molecular formula is C22H25N5O2. The van der Waals surface area contributed by atoms with E-state index in [1.807, 2.05) is 19.9 Å². The fourth-order valence-corrected chi connectivity index (χ4v) is 3.86. The lowest BCUT2D eigenvalue weighted by Gasteiger charge is -2.11. The van der Waals surface area contributed by atoms with Gasteiger partial charge in [0.05, 0.1) is 5.56 Å². The Morgan fingerprint density at radius 3 is 2.62 bits per heavy atom. The Morgan fingerprint density at radius 2 is 1.86 bits per heavy atom. The minimum atomic E-state index is -0.208. The van der Waals surface area contributed by atoms with Crippen molar-refractivity contribution < 1.29 is 9.59 Å². The van der Waals surface area contributed by atoms with Gasteiger partial charge in [-0.25, -0.2) is 9.97 Å². The van der Waals surface area contributed by atoms with Crippen LogP contribution < -0.4 is 10.6 Å². The largest absolute Gasteiger partial charge is 0.326 e. The number of imidazole rings is 1. The summed E-state index contributed by atoms with van der Waals surface area (Å²) >= 11 is 0. The molecule has 0 atom stereocenters. The molecule has 1 aliphatic heterocycles. The first kappa shape index (κ1) is 19.1. The molecule has 0 unspecified atom stereocenters. The Morgan fingerprint density at radius 1 is 1.03 bits per heavy atom. The lowest BCUT2D eigenvalue weighted by atomic mass is 10.1. The van der Waals surface area contributed by atoms with E-state index in [9.17, 15) is 9.59 Å². The van der Waals surface area contributed by atoms with Crippen molar-refractivity contribution in [2.75, 3.05) is 10.6 Å². The number of aromatic nitrogens is 3. The van der Waals surface area contributed by atoms with Gasteiger partial charge in [-0.15, -0.1) is 0 Å². The summed E-state index contributed by atoms with van der Waals surface area (Å²) in [6, 6.07) is 7.21. The van der Waals surface area contributed by atoms with Crippen LogP contribution in [-0.2, 0) is 17.8 Å². The highest BCUT2D eigenvalue weighted by atomic mass is 16.2. The number of carbonyl (C=O) groups is 2. The number of benzene rings is 1. The summed E-state index contributed by atoms with van der Waals surface area (Å²) in [6.45, 7) is 6.16. The number of nitrogens with one attached hydrogen (secondary N) is 2. The quantitative estimate of drug-likeness (QED) is 0.707. The number of nitrogens with zero attached hydrogens (tertiary/aromatic N) is 3. The van der Waals surface area contributed by atoms with E-state index in [1.165, 1.54) is 13.3 Å². The molecule has 3 aromatic rings. The fourth-order valence-electron chi connectivity index (χ4n) is 3.86. The highest BCUT2D eigenvalue weighted by molar-refractivity contribution is 6.11. The van der Waals surface area contributed by atoms with Crippen molar-refractivity contribution in [3.63, 3.8) is 0 Å². The number of hydrogen-bond donors (Lipinski definition) is 2. The van der Waals surface area contributed by atoms with Crippen molar-refractivity contribution in [3.8, 4) is 0 Å². The van der Waals surface area contributed by atoms with Crippen molar-refractivity contribution in [1.29, 1.82) is 0 Å². The summed E-state index contributed by atoms with van der Waals surface area (Å²) in [5.41, 5.74) is 5.08. The van der Waals surface area contributed by atoms with Crippen LogP contribution >= 0.6 is 0 Å². The molecule has 2 aromatic heterocycles. The van der Waals surface area contributed by atoms with Gasteiger partial charge in [-0.05, 0) is 56.5 Å². The van der Waals surface area contributed by atoms with Crippen LogP contribution in [0.1, 0.15) is 53.6 Å². The lowest BCUT2D eigenvalue weighted by Crippen LogP contribution is -2.14. The zero-order valence-corrected chi connectivity index (χ0v) is 17.0. The maximum absolute atomic E-state index is 13.1. The third-order valence-electron chi connectivity index (χ3n) is 5.23. The van der Waals surface area contributed by atoms with Crippen molar-refractivity contribution in [3.05, 3.63) is 46.9 Å². The highest BCUT2D eigenvalue weighted by Gasteiger charge is 2.21. The molecule has 4 rings (SSSR count). The average molecular weight is 391 g/mol. The van der Waals surface area contributed by atoms with Crippen LogP contribution in [0.5, 0.6) is 0 Å². The molecule has 0 fully saturated rings. The van der Waals surface area contributed by atoms with E-state index in [0.29, 0.717) is 16.8 Å². The van der Waals surface area contributed by atoms with Crippen LogP contribution in [0.15, 0.2) is 24.3 Å². The number of fused-ring (bicyclic) bond motifs is 3. The molecule has 0 saturated carbocycles. The second-order valence-corrected chi connectivity index (χ2v) is 7.64. The minimum Gasteiger partial charge on any atom is -0.326 e. The van der Waals surface area contributed by atoms with Gasteiger partial charge in [-0.2, -0.15) is 0 Å². The molecule has 0 aliphatic carbocycles. The Kier molecular flexibility index (Phi) is 5.05. The van der Waals surface area contributed by atoms with Gasteiger partial charge in [0.1, 0.15) is 11.3 Å². The molecule has 1 aliphatic rings. The van der Waals surface area contributed by atoms with Crippen molar-refractivity contribution >= 4 is 34.4 Å². The molecule has 7 heteroatoms. The first-order valence-corrected chi connectivity index (χ1v) is 9.99. The second-order valence-electron chi connectivity index (χ2n) is 7.64. The number of anilines is 2. The fraction of sp³-hybridized carbons (Fsp3) is 0.364. The maximum atomic E-state index is 13.1. The summed E-state index contributed by atoms with van der Waals surface area (Å²) < 4.78 is 2.17. The Bertz CT molecular complexity index is 1120. The Hall–Kier alpha value is -3.22. The molecule has 29 heavy (non-hydrogen) atoms. The zero-order valence-electron chi connectivity index (χ0n) is 17.0.